The summed E-state index contributed by atoms with van der Waals surface area (Å²) in [4.78, 5) is 23.5. The van der Waals surface area contributed by atoms with E-state index in [9.17, 15) is 9.59 Å². The summed E-state index contributed by atoms with van der Waals surface area (Å²) in [5.74, 6) is -0.156. The molecule has 1 aromatic heterocycles. The Kier molecular flexibility index (Phi) is 6.37. The summed E-state index contributed by atoms with van der Waals surface area (Å²) in [5.41, 5.74) is 0.928. The molecule has 0 aliphatic carbocycles. The summed E-state index contributed by atoms with van der Waals surface area (Å²) < 4.78 is 11.5. The number of rotatable bonds is 7. The smallest absolute Gasteiger partial charge is 0.337 e. The fourth-order valence-corrected chi connectivity index (χ4v) is 2.23. The van der Waals surface area contributed by atoms with Crippen LogP contribution < -0.4 is 10.3 Å². The Morgan fingerprint density at radius 1 is 1.29 bits per heavy atom. The summed E-state index contributed by atoms with van der Waals surface area (Å²) in [7, 11) is 1.33. The Labute approximate surface area is 145 Å². The lowest BCUT2D eigenvalue weighted by molar-refractivity contribution is 0.0600. The number of carbonyl (C=O) groups excluding carboxylic acids is 1. The van der Waals surface area contributed by atoms with Crippen molar-refractivity contribution >= 4 is 17.6 Å². The number of hydrogen-bond acceptors (Lipinski definition) is 5. The zero-order chi connectivity index (χ0) is 17.5. The van der Waals surface area contributed by atoms with Gasteiger partial charge in [-0.3, -0.25) is 4.79 Å². The third-order valence-electron chi connectivity index (χ3n) is 3.45. The van der Waals surface area contributed by atoms with Crippen molar-refractivity contribution in [2.75, 3.05) is 7.11 Å². The van der Waals surface area contributed by atoms with Gasteiger partial charge in [-0.15, -0.1) is 0 Å². The van der Waals surface area contributed by atoms with Gasteiger partial charge >= 0.3 is 5.97 Å². The maximum absolute atomic E-state index is 12.1. The highest BCUT2D eigenvalue weighted by Crippen LogP contribution is 2.20. The average Bonchev–Trinajstić information content (AvgIpc) is 2.62. The SMILES string of the molecule is CCCCn1ncc(OCc2ccc(C(=O)OC)cc2)c(Cl)c1=O. The molecule has 0 aliphatic rings. The molecule has 0 aliphatic heterocycles. The van der Waals surface area contributed by atoms with Gasteiger partial charge in [0.1, 0.15) is 6.61 Å². The highest BCUT2D eigenvalue weighted by molar-refractivity contribution is 6.31. The molecule has 24 heavy (non-hydrogen) atoms. The van der Waals surface area contributed by atoms with Gasteiger partial charge in [-0.25, -0.2) is 9.48 Å². The summed E-state index contributed by atoms with van der Waals surface area (Å²) in [6.07, 6.45) is 3.27. The van der Waals surface area contributed by atoms with Crippen molar-refractivity contribution in [1.29, 1.82) is 0 Å². The van der Waals surface area contributed by atoms with Crippen molar-refractivity contribution in [3.63, 3.8) is 0 Å². The molecule has 0 N–H and O–H groups in total. The van der Waals surface area contributed by atoms with Crippen LogP contribution in [0.2, 0.25) is 5.02 Å². The molecule has 128 valence electrons. The van der Waals surface area contributed by atoms with Gasteiger partial charge in [0.2, 0.25) is 0 Å². The van der Waals surface area contributed by atoms with Crippen molar-refractivity contribution in [3.8, 4) is 5.75 Å². The van der Waals surface area contributed by atoms with Crippen LogP contribution in [-0.2, 0) is 17.9 Å². The molecule has 0 atom stereocenters. The average molecular weight is 351 g/mol. The van der Waals surface area contributed by atoms with Crippen molar-refractivity contribution < 1.29 is 14.3 Å². The van der Waals surface area contributed by atoms with E-state index in [-0.39, 0.29) is 22.9 Å². The van der Waals surface area contributed by atoms with Gasteiger partial charge < -0.3 is 9.47 Å². The third kappa shape index (κ3) is 4.35. The van der Waals surface area contributed by atoms with Crippen LogP contribution in [0.5, 0.6) is 5.75 Å². The van der Waals surface area contributed by atoms with Crippen LogP contribution in [0.3, 0.4) is 0 Å². The van der Waals surface area contributed by atoms with Gasteiger partial charge in [0.05, 0.1) is 18.9 Å². The highest BCUT2D eigenvalue weighted by Gasteiger charge is 2.11. The molecule has 2 rings (SSSR count). The van der Waals surface area contributed by atoms with Gasteiger partial charge in [-0.05, 0) is 24.1 Å². The number of benzene rings is 1. The minimum Gasteiger partial charge on any atom is -0.485 e. The van der Waals surface area contributed by atoms with Crippen molar-refractivity contribution in [1.82, 2.24) is 9.78 Å². The fraction of sp³-hybridized carbons (Fsp3) is 0.353. The van der Waals surface area contributed by atoms with Crippen LogP contribution in [0.15, 0.2) is 35.3 Å². The number of unbranched alkanes of at least 4 members (excludes halogenated alkanes) is 1. The van der Waals surface area contributed by atoms with E-state index in [1.165, 1.54) is 18.0 Å². The van der Waals surface area contributed by atoms with E-state index < -0.39 is 5.97 Å². The second-order valence-electron chi connectivity index (χ2n) is 5.18. The molecule has 7 heteroatoms. The van der Waals surface area contributed by atoms with E-state index in [1.54, 1.807) is 24.3 Å². The van der Waals surface area contributed by atoms with Crippen molar-refractivity contribution in [2.24, 2.45) is 0 Å². The molecule has 0 saturated heterocycles. The zero-order valence-corrected chi connectivity index (χ0v) is 14.4. The fourth-order valence-electron chi connectivity index (χ4n) is 2.03. The highest BCUT2D eigenvalue weighted by atomic mass is 35.5. The van der Waals surface area contributed by atoms with Crippen molar-refractivity contribution in [3.05, 3.63) is 57.0 Å². The summed E-state index contributed by atoms with van der Waals surface area (Å²) in [6, 6.07) is 6.78. The molecule has 0 spiro atoms. The number of carbonyl (C=O) groups is 1. The maximum Gasteiger partial charge on any atom is 0.337 e. The number of halogens is 1. The van der Waals surface area contributed by atoms with Crippen molar-refractivity contribution in [2.45, 2.75) is 32.9 Å². The van der Waals surface area contributed by atoms with Crippen LogP contribution in [0.25, 0.3) is 0 Å². The van der Waals surface area contributed by atoms with Crippen LogP contribution in [0.1, 0.15) is 35.7 Å². The number of hydrogen-bond donors (Lipinski definition) is 0. The number of nitrogens with zero attached hydrogens (tertiary/aromatic N) is 2. The Balaban J connectivity index is 2.05. The minimum absolute atomic E-state index is 0.0206. The van der Waals surface area contributed by atoms with Crippen LogP contribution >= 0.6 is 11.6 Å². The molecule has 1 heterocycles. The molecule has 1 aromatic carbocycles. The molecule has 0 radical (unpaired) electrons. The minimum atomic E-state index is -0.398. The molecule has 0 saturated carbocycles. The van der Waals surface area contributed by atoms with Crippen LogP contribution in [0, 0.1) is 0 Å². The predicted molar refractivity (Wildman–Crippen MR) is 90.5 cm³/mol. The number of ether oxygens (including phenoxy) is 2. The first-order valence-electron chi connectivity index (χ1n) is 7.62. The number of aryl methyl sites for hydroxylation is 1. The summed E-state index contributed by atoms with van der Waals surface area (Å²) >= 11 is 6.07. The quantitative estimate of drug-likeness (QED) is 0.718. The molecule has 6 nitrogen and oxygen atoms in total. The first kappa shape index (κ1) is 18.0. The lowest BCUT2D eigenvalue weighted by Crippen LogP contribution is -2.23. The molecule has 0 unspecified atom stereocenters. The maximum atomic E-state index is 12.1. The first-order chi connectivity index (χ1) is 11.6. The lowest BCUT2D eigenvalue weighted by atomic mass is 10.1. The normalized spacial score (nSPS) is 10.5. The molecular formula is C17H19ClN2O4. The Morgan fingerprint density at radius 2 is 2.00 bits per heavy atom. The Morgan fingerprint density at radius 3 is 2.62 bits per heavy atom. The topological polar surface area (TPSA) is 70.4 Å². The zero-order valence-electron chi connectivity index (χ0n) is 13.6. The number of methoxy groups -OCH3 is 1. The second kappa shape index (κ2) is 8.49. The van der Waals surface area contributed by atoms with Gasteiger partial charge in [0.15, 0.2) is 10.8 Å². The van der Waals surface area contributed by atoms with E-state index in [1.807, 2.05) is 6.92 Å². The lowest BCUT2D eigenvalue weighted by Gasteiger charge is -2.10. The molecule has 2 aromatic rings. The Bertz CT molecular complexity index is 756. The van der Waals surface area contributed by atoms with Crippen LogP contribution in [0.4, 0.5) is 0 Å². The molecule has 0 amide bonds. The number of esters is 1. The first-order valence-corrected chi connectivity index (χ1v) is 8.00. The van der Waals surface area contributed by atoms with E-state index in [0.717, 1.165) is 18.4 Å². The third-order valence-corrected chi connectivity index (χ3v) is 3.79. The van der Waals surface area contributed by atoms with Gasteiger partial charge in [-0.2, -0.15) is 5.10 Å². The summed E-state index contributed by atoms with van der Waals surface area (Å²) in [5, 5.41) is 4.09. The Hall–Kier alpha value is -2.34. The van der Waals surface area contributed by atoms with E-state index >= 15 is 0 Å². The molecule has 0 bridgehead atoms. The van der Waals surface area contributed by atoms with Crippen LogP contribution in [-0.4, -0.2) is 22.9 Å². The number of aromatic nitrogens is 2. The summed E-state index contributed by atoms with van der Waals surface area (Å²) in [6.45, 7) is 2.78. The standard InChI is InChI=1S/C17H19ClN2O4/c1-3-4-9-20-16(21)15(18)14(10-19-20)24-11-12-5-7-13(8-6-12)17(22)23-2/h5-8,10H,3-4,9,11H2,1-2H3. The van der Waals surface area contributed by atoms with Gasteiger partial charge in [0.25, 0.3) is 5.56 Å². The van der Waals surface area contributed by atoms with E-state index in [0.29, 0.717) is 12.1 Å². The van der Waals surface area contributed by atoms with Gasteiger partial charge in [-0.1, -0.05) is 37.1 Å². The molecular weight excluding hydrogens is 332 g/mol. The monoisotopic (exact) mass is 350 g/mol. The van der Waals surface area contributed by atoms with E-state index in [4.69, 9.17) is 16.3 Å². The largest absolute Gasteiger partial charge is 0.485 e. The predicted octanol–water partition coefficient (Wildman–Crippen LogP) is 3.06. The second-order valence-corrected chi connectivity index (χ2v) is 5.56. The van der Waals surface area contributed by atoms with Gasteiger partial charge in [0, 0.05) is 6.54 Å². The molecule has 0 fully saturated rings. The van der Waals surface area contributed by atoms with E-state index in [2.05, 4.69) is 9.84 Å².